The molecule has 0 saturated carbocycles. The highest BCUT2D eigenvalue weighted by Crippen LogP contribution is 2.27. The minimum absolute atomic E-state index is 0.425. The van der Waals surface area contributed by atoms with Crippen molar-refractivity contribution in [2.24, 2.45) is 5.73 Å². The van der Waals surface area contributed by atoms with Gasteiger partial charge in [0, 0.05) is 21.0 Å². The van der Waals surface area contributed by atoms with Crippen LogP contribution in [0.1, 0.15) is 16.1 Å². The molecule has 19 heavy (non-hydrogen) atoms. The number of benzene rings is 1. The first-order valence-corrected chi connectivity index (χ1v) is 8.24. The molecule has 1 aromatic carbocycles. The third kappa shape index (κ3) is 3.26. The van der Waals surface area contributed by atoms with Crippen molar-refractivity contribution in [2.45, 2.75) is 18.4 Å². The lowest BCUT2D eigenvalue weighted by Crippen LogP contribution is -2.14. The highest BCUT2D eigenvalue weighted by molar-refractivity contribution is 7.98. The summed E-state index contributed by atoms with van der Waals surface area (Å²) in [7, 11) is 0. The van der Waals surface area contributed by atoms with E-state index in [1.165, 1.54) is 4.88 Å². The second kappa shape index (κ2) is 6.36. The minimum atomic E-state index is 0.425. The van der Waals surface area contributed by atoms with E-state index in [2.05, 4.69) is 10.3 Å². The van der Waals surface area contributed by atoms with E-state index < -0.39 is 0 Å². The van der Waals surface area contributed by atoms with Gasteiger partial charge in [-0.3, -0.25) is 0 Å². The number of thiocarbonyl (C=S) groups is 1. The average molecular weight is 309 g/mol. The number of thioether (sulfide) groups is 1. The zero-order valence-corrected chi connectivity index (χ0v) is 13.2. The van der Waals surface area contributed by atoms with Gasteiger partial charge >= 0.3 is 0 Å². The van der Waals surface area contributed by atoms with E-state index in [0.29, 0.717) is 4.99 Å². The molecule has 0 aliphatic rings. The SMILES string of the molecule is CSc1cccc(NCc2scnc2C)c1C(N)=S. The topological polar surface area (TPSA) is 50.9 Å². The van der Waals surface area contributed by atoms with E-state index >= 15 is 0 Å². The van der Waals surface area contributed by atoms with Gasteiger partial charge in [0.15, 0.2) is 0 Å². The molecule has 0 unspecified atom stereocenters. The Morgan fingerprint density at radius 2 is 2.32 bits per heavy atom. The lowest BCUT2D eigenvalue weighted by atomic mass is 10.1. The first-order valence-electron chi connectivity index (χ1n) is 5.73. The normalized spacial score (nSPS) is 10.4. The van der Waals surface area contributed by atoms with Gasteiger partial charge in [-0.15, -0.1) is 23.1 Å². The second-order valence-corrected chi connectivity index (χ2v) is 6.19. The molecule has 2 rings (SSSR count). The number of aryl methyl sites for hydroxylation is 1. The van der Waals surface area contributed by atoms with E-state index in [0.717, 1.165) is 28.4 Å². The van der Waals surface area contributed by atoms with Crippen LogP contribution in [0, 0.1) is 6.92 Å². The number of hydrogen-bond donors (Lipinski definition) is 2. The van der Waals surface area contributed by atoms with Crippen LogP contribution in [-0.2, 0) is 6.54 Å². The number of nitrogens with one attached hydrogen (secondary N) is 1. The van der Waals surface area contributed by atoms with E-state index in [1.54, 1.807) is 23.1 Å². The molecule has 0 bridgehead atoms. The Kier molecular flexibility index (Phi) is 4.79. The third-order valence-electron chi connectivity index (χ3n) is 2.78. The Labute approximate surface area is 126 Å². The van der Waals surface area contributed by atoms with Crippen LogP contribution in [0.15, 0.2) is 28.6 Å². The monoisotopic (exact) mass is 309 g/mol. The quantitative estimate of drug-likeness (QED) is 0.655. The molecule has 2 aromatic rings. The number of nitrogens with zero attached hydrogens (tertiary/aromatic N) is 1. The molecule has 0 fully saturated rings. The molecule has 0 atom stereocenters. The van der Waals surface area contributed by atoms with Crippen LogP contribution in [0.25, 0.3) is 0 Å². The zero-order valence-electron chi connectivity index (χ0n) is 10.8. The number of thiazole rings is 1. The van der Waals surface area contributed by atoms with E-state index in [9.17, 15) is 0 Å². The van der Waals surface area contributed by atoms with Crippen molar-refractivity contribution in [3.05, 3.63) is 39.8 Å². The van der Waals surface area contributed by atoms with Gasteiger partial charge in [0.1, 0.15) is 4.99 Å². The van der Waals surface area contributed by atoms with Crippen molar-refractivity contribution in [2.75, 3.05) is 11.6 Å². The fourth-order valence-electron chi connectivity index (χ4n) is 1.77. The molecular weight excluding hydrogens is 294 g/mol. The molecule has 1 heterocycles. The van der Waals surface area contributed by atoms with Gasteiger partial charge in [0.25, 0.3) is 0 Å². The van der Waals surface area contributed by atoms with Gasteiger partial charge in [-0.05, 0) is 25.3 Å². The van der Waals surface area contributed by atoms with Crippen molar-refractivity contribution >= 4 is 46.0 Å². The largest absolute Gasteiger partial charge is 0.389 e. The molecule has 3 N–H and O–H groups in total. The Morgan fingerprint density at radius 3 is 2.89 bits per heavy atom. The minimum Gasteiger partial charge on any atom is -0.389 e. The van der Waals surface area contributed by atoms with Crippen molar-refractivity contribution in [1.29, 1.82) is 0 Å². The summed E-state index contributed by atoms with van der Waals surface area (Å²) in [6.07, 6.45) is 2.02. The summed E-state index contributed by atoms with van der Waals surface area (Å²) >= 11 is 8.46. The van der Waals surface area contributed by atoms with E-state index in [4.69, 9.17) is 18.0 Å². The Morgan fingerprint density at radius 1 is 1.53 bits per heavy atom. The first-order chi connectivity index (χ1) is 9.13. The summed E-state index contributed by atoms with van der Waals surface area (Å²) in [4.78, 5) is 6.99. The van der Waals surface area contributed by atoms with Crippen LogP contribution in [0.3, 0.4) is 0 Å². The summed E-state index contributed by atoms with van der Waals surface area (Å²) in [5.41, 5.74) is 10.7. The molecule has 0 aliphatic heterocycles. The fourth-order valence-corrected chi connectivity index (χ4v) is 3.41. The number of hydrogen-bond acceptors (Lipinski definition) is 5. The van der Waals surface area contributed by atoms with Gasteiger partial charge in [0.2, 0.25) is 0 Å². The molecule has 0 spiro atoms. The smallest absolute Gasteiger partial charge is 0.107 e. The van der Waals surface area contributed by atoms with Crippen molar-refractivity contribution in [1.82, 2.24) is 4.98 Å². The Balaban J connectivity index is 2.25. The van der Waals surface area contributed by atoms with Crippen molar-refractivity contribution in [3.63, 3.8) is 0 Å². The van der Waals surface area contributed by atoms with Gasteiger partial charge in [-0.2, -0.15) is 0 Å². The summed E-state index contributed by atoms with van der Waals surface area (Å²) in [6, 6.07) is 6.04. The first kappa shape index (κ1) is 14.3. The van der Waals surface area contributed by atoms with Crippen LogP contribution in [-0.4, -0.2) is 16.2 Å². The van der Waals surface area contributed by atoms with E-state index in [1.807, 2.05) is 36.9 Å². The highest BCUT2D eigenvalue weighted by atomic mass is 32.2. The molecule has 6 heteroatoms. The predicted molar refractivity (Wildman–Crippen MR) is 88.3 cm³/mol. The maximum absolute atomic E-state index is 5.84. The fraction of sp³-hybridized carbons (Fsp3) is 0.231. The van der Waals surface area contributed by atoms with Crippen LogP contribution in [0.5, 0.6) is 0 Å². The predicted octanol–water partition coefficient (Wildman–Crippen LogP) is 3.42. The summed E-state index contributed by atoms with van der Waals surface area (Å²) in [5.74, 6) is 0. The molecule has 0 amide bonds. The molecule has 3 nitrogen and oxygen atoms in total. The third-order valence-corrected chi connectivity index (χ3v) is 4.70. The van der Waals surface area contributed by atoms with Crippen LogP contribution in [0.4, 0.5) is 5.69 Å². The average Bonchev–Trinajstić information content (AvgIpc) is 2.81. The van der Waals surface area contributed by atoms with Crippen molar-refractivity contribution in [3.8, 4) is 0 Å². The molecule has 0 aliphatic carbocycles. The zero-order chi connectivity index (χ0) is 13.8. The van der Waals surface area contributed by atoms with Crippen molar-refractivity contribution < 1.29 is 0 Å². The lowest BCUT2D eigenvalue weighted by molar-refractivity contribution is 1.12. The van der Waals surface area contributed by atoms with Gasteiger partial charge in [0.05, 0.1) is 17.7 Å². The molecule has 0 radical (unpaired) electrons. The lowest BCUT2D eigenvalue weighted by Gasteiger charge is -2.13. The standard InChI is InChI=1S/C13H15N3S3/c1-8-11(19-7-16-8)6-15-9-4-3-5-10(18-2)12(9)13(14)17/h3-5,7,15H,6H2,1-2H3,(H2,14,17). The Bertz CT molecular complexity index is 593. The summed E-state index contributed by atoms with van der Waals surface area (Å²) in [5, 5.41) is 3.40. The van der Waals surface area contributed by atoms with Gasteiger partial charge in [-0.25, -0.2) is 4.98 Å². The number of nitrogens with two attached hydrogens (primary N) is 1. The molecule has 100 valence electrons. The second-order valence-electron chi connectivity index (χ2n) is 3.96. The molecular formula is C13H15N3S3. The van der Waals surface area contributed by atoms with Gasteiger partial charge in [-0.1, -0.05) is 18.3 Å². The number of anilines is 1. The van der Waals surface area contributed by atoms with Gasteiger partial charge < -0.3 is 11.1 Å². The highest BCUT2D eigenvalue weighted by Gasteiger charge is 2.11. The molecule has 0 saturated heterocycles. The van der Waals surface area contributed by atoms with E-state index in [-0.39, 0.29) is 0 Å². The van der Waals surface area contributed by atoms with Crippen LogP contribution in [0.2, 0.25) is 0 Å². The van der Waals surface area contributed by atoms with Crippen LogP contribution < -0.4 is 11.1 Å². The molecule has 1 aromatic heterocycles. The summed E-state index contributed by atoms with van der Waals surface area (Å²) in [6.45, 7) is 2.75. The van der Waals surface area contributed by atoms with Crippen LogP contribution >= 0.6 is 35.3 Å². The number of aromatic nitrogens is 1. The summed E-state index contributed by atoms with van der Waals surface area (Å²) < 4.78 is 0. The maximum atomic E-state index is 5.84. The Hall–Kier alpha value is -1.11. The maximum Gasteiger partial charge on any atom is 0.107 e. The number of rotatable bonds is 5.